The molecule has 2 aliphatic carbocycles. The van der Waals surface area contributed by atoms with E-state index >= 15 is 0 Å². The Morgan fingerprint density at radius 3 is 2.70 bits per heavy atom. The van der Waals surface area contributed by atoms with E-state index in [4.69, 9.17) is 0 Å². The third-order valence-corrected chi connectivity index (χ3v) is 7.42. The van der Waals surface area contributed by atoms with Gasteiger partial charge < -0.3 is 15.1 Å². The van der Waals surface area contributed by atoms with Gasteiger partial charge in [-0.05, 0) is 24.6 Å². The number of anilines is 1. The number of piperazine rings is 1. The highest BCUT2D eigenvalue weighted by atomic mass is 32.2. The Morgan fingerprint density at radius 1 is 1.10 bits per heavy atom. The minimum atomic E-state index is -0.208. The lowest BCUT2D eigenvalue weighted by atomic mass is 9.95. The highest BCUT2D eigenvalue weighted by molar-refractivity contribution is 8.07. The molecule has 6 heteroatoms. The maximum absolute atomic E-state index is 13.2. The van der Waals surface area contributed by atoms with Crippen molar-refractivity contribution in [3.63, 3.8) is 0 Å². The molecule has 4 aliphatic rings. The van der Waals surface area contributed by atoms with E-state index in [1.54, 1.807) is 11.8 Å². The number of rotatable bonds is 2. The first-order chi connectivity index (χ1) is 14.7. The summed E-state index contributed by atoms with van der Waals surface area (Å²) in [5.74, 6) is -0.118. The molecule has 2 heterocycles. The lowest BCUT2D eigenvalue weighted by Gasteiger charge is -2.37. The van der Waals surface area contributed by atoms with Crippen LogP contribution in [0.25, 0.3) is 0 Å². The minimum Gasteiger partial charge on any atom is -0.368 e. The van der Waals surface area contributed by atoms with Crippen LogP contribution in [0.1, 0.15) is 12.8 Å². The van der Waals surface area contributed by atoms with Gasteiger partial charge in [0, 0.05) is 53.8 Å². The van der Waals surface area contributed by atoms with Gasteiger partial charge in [-0.3, -0.25) is 9.59 Å². The molecule has 2 atom stereocenters. The van der Waals surface area contributed by atoms with Crippen molar-refractivity contribution in [2.45, 2.75) is 12.8 Å². The van der Waals surface area contributed by atoms with E-state index in [9.17, 15) is 9.59 Å². The normalized spacial score (nSPS) is 25.9. The quantitative estimate of drug-likeness (QED) is 0.798. The van der Waals surface area contributed by atoms with Crippen LogP contribution in [0, 0.1) is 11.8 Å². The zero-order valence-corrected chi connectivity index (χ0v) is 17.6. The fourth-order valence-corrected chi connectivity index (χ4v) is 5.59. The number of nitrogens with one attached hydrogen (secondary N) is 1. The first-order valence-corrected chi connectivity index (χ1v) is 11.4. The highest BCUT2D eigenvalue weighted by Crippen LogP contribution is 2.42. The van der Waals surface area contributed by atoms with E-state index in [0.29, 0.717) is 6.42 Å². The van der Waals surface area contributed by atoms with Crippen LogP contribution in [0.4, 0.5) is 5.69 Å². The van der Waals surface area contributed by atoms with Crippen LogP contribution in [-0.4, -0.2) is 42.9 Å². The van der Waals surface area contributed by atoms with Crippen molar-refractivity contribution >= 4 is 29.3 Å². The molecule has 0 aromatic heterocycles. The zero-order valence-electron chi connectivity index (χ0n) is 16.8. The highest BCUT2D eigenvalue weighted by Gasteiger charge is 2.34. The number of carbonyl (C=O) groups excluding carboxylic acids is 2. The topological polar surface area (TPSA) is 52.7 Å². The van der Waals surface area contributed by atoms with E-state index < -0.39 is 0 Å². The average Bonchev–Trinajstić information content (AvgIpc) is 2.94. The van der Waals surface area contributed by atoms with Gasteiger partial charge in [0.1, 0.15) is 0 Å². The van der Waals surface area contributed by atoms with Crippen molar-refractivity contribution in [2.24, 2.45) is 11.8 Å². The van der Waals surface area contributed by atoms with Crippen LogP contribution in [0.15, 0.2) is 76.2 Å². The summed E-state index contributed by atoms with van der Waals surface area (Å²) in [6.45, 7) is 3.14. The summed E-state index contributed by atoms with van der Waals surface area (Å²) < 4.78 is 0. The predicted octanol–water partition coefficient (Wildman–Crippen LogP) is 3.45. The van der Waals surface area contributed by atoms with Gasteiger partial charge in [-0.2, -0.15) is 0 Å². The predicted molar refractivity (Wildman–Crippen MR) is 121 cm³/mol. The summed E-state index contributed by atoms with van der Waals surface area (Å²) in [6, 6.07) is 10.3. The fraction of sp³-hybridized carbons (Fsp3) is 0.333. The number of thioether (sulfide) groups is 1. The first-order valence-electron chi connectivity index (χ1n) is 10.5. The van der Waals surface area contributed by atoms with Gasteiger partial charge in [0.2, 0.25) is 11.8 Å². The van der Waals surface area contributed by atoms with Gasteiger partial charge in [-0.25, -0.2) is 0 Å². The first kappa shape index (κ1) is 19.2. The number of carbonyl (C=O) groups is 2. The molecular formula is C24H25N3O2S. The Kier molecular flexibility index (Phi) is 5.25. The summed E-state index contributed by atoms with van der Waals surface area (Å²) in [5, 5.41) is 3.11. The third kappa shape index (κ3) is 3.72. The molecule has 5 rings (SSSR count). The van der Waals surface area contributed by atoms with Gasteiger partial charge in [-0.15, -0.1) is 0 Å². The SMILES string of the molecule is O=C1NC2=C(C=CC(C(=O)N3CCN(c4ccccc4)CC3)C2)SC2=CC=CCC12. The van der Waals surface area contributed by atoms with Crippen LogP contribution in [0.5, 0.6) is 0 Å². The van der Waals surface area contributed by atoms with E-state index in [2.05, 4.69) is 22.3 Å². The molecule has 0 spiro atoms. The van der Waals surface area contributed by atoms with Crippen LogP contribution in [-0.2, 0) is 9.59 Å². The number of amides is 2. The summed E-state index contributed by atoms with van der Waals surface area (Å²) in [6.07, 6.45) is 11.4. The third-order valence-electron chi connectivity index (χ3n) is 6.16. The molecule has 1 fully saturated rings. The Morgan fingerprint density at radius 2 is 1.90 bits per heavy atom. The van der Waals surface area contributed by atoms with E-state index in [1.165, 1.54) is 5.69 Å². The standard InChI is InChI=1S/C24H25N3O2S/c28-23-19-8-4-5-9-21(19)30-22-11-10-17(16-20(22)25-23)24(29)27-14-12-26(13-15-27)18-6-2-1-3-7-18/h1-7,9-11,17,19H,8,12-16H2,(H,25,28). The summed E-state index contributed by atoms with van der Waals surface area (Å²) in [4.78, 5) is 32.3. The van der Waals surface area contributed by atoms with Crippen molar-refractivity contribution in [3.8, 4) is 0 Å². The van der Waals surface area contributed by atoms with Crippen LogP contribution >= 0.6 is 11.8 Å². The second-order valence-corrected chi connectivity index (χ2v) is 9.15. The number of benzene rings is 1. The van der Waals surface area contributed by atoms with Crippen LogP contribution < -0.4 is 10.2 Å². The number of allylic oxidation sites excluding steroid dienone is 5. The second kappa shape index (κ2) is 8.19. The maximum atomic E-state index is 13.2. The Balaban J connectivity index is 1.24. The zero-order chi connectivity index (χ0) is 20.5. The van der Waals surface area contributed by atoms with E-state index in [-0.39, 0.29) is 23.7 Å². The van der Waals surface area contributed by atoms with E-state index in [1.807, 2.05) is 53.5 Å². The largest absolute Gasteiger partial charge is 0.368 e. The lowest BCUT2D eigenvalue weighted by Crippen LogP contribution is -2.50. The fourth-order valence-electron chi connectivity index (χ4n) is 4.44. The Labute approximate surface area is 181 Å². The molecule has 5 nitrogen and oxygen atoms in total. The van der Waals surface area contributed by atoms with Gasteiger partial charge in [0.15, 0.2) is 0 Å². The number of fused-ring (bicyclic) bond motifs is 1. The van der Waals surface area contributed by atoms with Crippen molar-refractivity contribution < 1.29 is 9.59 Å². The van der Waals surface area contributed by atoms with Crippen molar-refractivity contribution in [1.29, 1.82) is 0 Å². The van der Waals surface area contributed by atoms with Crippen molar-refractivity contribution in [3.05, 3.63) is 76.2 Å². The number of hydrogen-bond donors (Lipinski definition) is 1. The Hall–Kier alpha value is -2.73. The van der Waals surface area contributed by atoms with Gasteiger partial charge in [0.05, 0.1) is 11.8 Å². The molecular weight excluding hydrogens is 394 g/mol. The molecule has 0 saturated carbocycles. The molecule has 30 heavy (non-hydrogen) atoms. The maximum Gasteiger partial charge on any atom is 0.232 e. The molecule has 1 aromatic carbocycles. The number of hydrogen-bond acceptors (Lipinski definition) is 4. The summed E-state index contributed by atoms with van der Waals surface area (Å²) >= 11 is 1.66. The molecule has 154 valence electrons. The molecule has 2 amide bonds. The number of nitrogens with zero attached hydrogens (tertiary/aromatic N) is 2. The minimum absolute atomic E-state index is 0.0427. The molecule has 2 aliphatic heterocycles. The Bertz CT molecular complexity index is 971. The summed E-state index contributed by atoms with van der Waals surface area (Å²) in [5.41, 5.74) is 2.10. The number of para-hydroxylation sites is 1. The molecule has 1 saturated heterocycles. The summed E-state index contributed by atoms with van der Waals surface area (Å²) in [7, 11) is 0. The monoisotopic (exact) mass is 419 g/mol. The van der Waals surface area contributed by atoms with E-state index in [0.717, 1.165) is 48.1 Å². The van der Waals surface area contributed by atoms with Crippen molar-refractivity contribution in [2.75, 3.05) is 31.1 Å². The van der Waals surface area contributed by atoms with Crippen molar-refractivity contribution in [1.82, 2.24) is 10.2 Å². The van der Waals surface area contributed by atoms with Gasteiger partial charge >= 0.3 is 0 Å². The molecule has 1 aromatic rings. The molecule has 0 radical (unpaired) electrons. The second-order valence-electron chi connectivity index (χ2n) is 8.04. The van der Waals surface area contributed by atoms with Gasteiger partial charge in [0.25, 0.3) is 0 Å². The van der Waals surface area contributed by atoms with Gasteiger partial charge in [-0.1, -0.05) is 54.3 Å². The molecule has 1 N–H and O–H groups in total. The average molecular weight is 420 g/mol. The smallest absolute Gasteiger partial charge is 0.232 e. The lowest BCUT2D eigenvalue weighted by molar-refractivity contribution is -0.134. The van der Waals surface area contributed by atoms with Crippen LogP contribution in [0.3, 0.4) is 0 Å². The van der Waals surface area contributed by atoms with Crippen LogP contribution in [0.2, 0.25) is 0 Å². The molecule has 2 unspecified atom stereocenters. The molecule has 0 bridgehead atoms.